The number of nitrogens with zero attached hydrogens (tertiary/aromatic N) is 3. The number of rotatable bonds is 9. The van der Waals surface area contributed by atoms with E-state index >= 15 is 0 Å². The summed E-state index contributed by atoms with van der Waals surface area (Å²) < 4.78 is 11.6. The Kier molecular flexibility index (Phi) is 6.48. The van der Waals surface area contributed by atoms with Crippen molar-refractivity contribution in [1.82, 2.24) is 15.2 Å². The molecule has 0 saturated carbocycles. The molecule has 0 spiro atoms. The minimum Gasteiger partial charge on any atom is -0.493 e. The Morgan fingerprint density at radius 3 is 2.85 bits per heavy atom. The zero-order chi connectivity index (χ0) is 18.4. The predicted octanol–water partition coefficient (Wildman–Crippen LogP) is 4.57. The van der Waals surface area contributed by atoms with Crippen molar-refractivity contribution < 1.29 is 9.47 Å². The Morgan fingerprint density at radius 1 is 1.23 bits per heavy atom. The molecule has 2 aromatic heterocycles. The van der Waals surface area contributed by atoms with Crippen LogP contribution in [-0.4, -0.2) is 35.9 Å². The lowest BCUT2D eigenvalue weighted by Crippen LogP contribution is -1.96. The first-order valence-corrected chi connectivity index (χ1v) is 10.4. The van der Waals surface area contributed by atoms with Gasteiger partial charge >= 0.3 is 0 Å². The monoisotopic (exact) mass is 406 g/mol. The molecule has 26 heavy (non-hydrogen) atoms. The highest BCUT2D eigenvalue weighted by molar-refractivity contribution is 8.00. The summed E-state index contributed by atoms with van der Waals surface area (Å²) in [7, 11) is 3.26. The van der Waals surface area contributed by atoms with Crippen molar-refractivity contribution >= 4 is 39.6 Å². The Hall–Kier alpha value is -2.10. The van der Waals surface area contributed by atoms with Gasteiger partial charge in [-0.15, -0.1) is 28.1 Å². The first-order chi connectivity index (χ1) is 12.7. The second-order valence-corrected chi connectivity index (χ2v) is 8.10. The average molecular weight is 407 g/mol. The van der Waals surface area contributed by atoms with Crippen molar-refractivity contribution in [3.05, 3.63) is 41.9 Å². The highest BCUT2D eigenvalue weighted by atomic mass is 32.2. The van der Waals surface area contributed by atoms with Crippen LogP contribution >= 0.6 is 34.4 Å². The normalized spacial score (nSPS) is 10.5. The fourth-order valence-corrected chi connectivity index (χ4v) is 4.68. The molecule has 0 atom stereocenters. The molecule has 0 amide bonds. The number of aromatic nitrogens is 3. The van der Waals surface area contributed by atoms with Crippen LogP contribution in [0, 0.1) is 0 Å². The van der Waals surface area contributed by atoms with Gasteiger partial charge in [-0.3, -0.25) is 0 Å². The van der Waals surface area contributed by atoms with Gasteiger partial charge in [0.05, 0.1) is 19.9 Å². The number of methoxy groups -OCH3 is 2. The van der Waals surface area contributed by atoms with Crippen LogP contribution in [0.25, 0.3) is 10.6 Å². The summed E-state index contributed by atoms with van der Waals surface area (Å²) in [5, 5.41) is 15.2. The van der Waals surface area contributed by atoms with Crippen molar-refractivity contribution in [2.45, 2.75) is 10.1 Å². The molecule has 0 aliphatic rings. The van der Waals surface area contributed by atoms with E-state index in [1.807, 2.05) is 18.2 Å². The van der Waals surface area contributed by atoms with E-state index in [9.17, 15) is 0 Å². The van der Waals surface area contributed by atoms with Crippen molar-refractivity contribution in [2.24, 2.45) is 0 Å². The summed E-state index contributed by atoms with van der Waals surface area (Å²) in [6, 6.07) is 5.82. The number of nitrogens with one attached hydrogen (secondary N) is 1. The fourth-order valence-electron chi connectivity index (χ4n) is 2.11. The first kappa shape index (κ1) is 18.7. The fraction of sp³-hybridized carbons (Fsp3) is 0.235. The van der Waals surface area contributed by atoms with Crippen molar-refractivity contribution in [3.63, 3.8) is 0 Å². The number of hydrogen-bond acceptors (Lipinski definition) is 9. The lowest BCUT2D eigenvalue weighted by atomic mass is 10.2. The second kappa shape index (κ2) is 9.02. The van der Waals surface area contributed by atoms with E-state index < -0.39 is 0 Å². The Balaban J connectivity index is 1.64. The van der Waals surface area contributed by atoms with Crippen LogP contribution in [0.4, 0.5) is 5.13 Å². The number of benzene rings is 1. The van der Waals surface area contributed by atoms with Crippen LogP contribution in [0.15, 0.2) is 40.6 Å². The van der Waals surface area contributed by atoms with E-state index in [0.29, 0.717) is 18.0 Å². The topological polar surface area (TPSA) is 69.2 Å². The molecule has 1 N–H and O–H groups in total. The first-order valence-electron chi connectivity index (χ1n) is 7.71. The van der Waals surface area contributed by atoms with Crippen LogP contribution in [0.5, 0.6) is 11.5 Å². The molecule has 0 aliphatic heterocycles. The summed E-state index contributed by atoms with van der Waals surface area (Å²) in [5.74, 6) is 2.16. The molecule has 0 aliphatic carbocycles. The number of thiazole rings is 1. The molecule has 3 aromatic rings. The van der Waals surface area contributed by atoms with Crippen molar-refractivity contribution in [2.75, 3.05) is 26.1 Å². The van der Waals surface area contributed by atoms with Gasteiger partial charge in [-0.25, -0.2) is 4.98 Å². The van der Waals surface area contributed by atoms with Gasteiger partial charge in [-0.2, -0.15) is 0 Å². The molecule has 0 radical (unpaired) electrons. The summed E-state index contributed by atoms with van der Waals surface area (Å²) in [5.41, 5.74) is 2.02. The van der Waals surface area contributed by atoms with Crippen LogP contribution in [-0.2, 0) is 5.75 Å². The molecular formula is C17H18N4O2S3. The SMILES string of the molecule is C=CCNc1nnc(SCc2csc(-c3ccc(OC)c(OC)c3)n2)s1. The van der Waals surface area contributed by atoms with Gasteiger partial charge in [0.2, 0.25) is 5.13 Å². The Labute approximate surface area is 164 Å². The quantitative estimate of drug-likeness (QED) is 0.412. The van der Waals surface area contributed by atoms with E-state index in [1.165, 1.54) is 11.3 Å². The average Bonchev–Trinajstić information content (AvgIpc) is 3.33. The van der Waals surface area contributed by atoms with E-state index in [2.05, 4.69) is 27.5 Å². The van der Waals surface area contributed by atoms with Gasteiger partial charge in [0, 0.05) is 23.2 Å². The Morgan fingerprint density at radius 2 is 2.08 bits per heavy atom. The molecule has 6 nitrogen and oxygen atoms in total. The molecule has 1 aromatic carbocycles. The summed E-state index contributed by atoms with van der Waals surface area (Å²) in [6.07, 6.45) is 1.79. The second-order valence-electron chi connectivity index (χ2n) is 5.05. The van der Waals surface area contributed by atoms with Gasteiger partial charge in [0.25, 0.3) is 0 Å². The number of thioether (sulfide) groups is 1. The predicted molar refractivity (Wildman–Crippen MR) is 109 cm³/mol. The van der Waals surface area contributed by atoms with Crippen LogP contribution < -0.4 is 14.8 Å². The zero-order valence-corrected chi connectivity index (χ0v) is 16.8. The molecule has 136 valence electrons. The molecule has 0 bridgehead atoms. The van der Waals surface area contributed by atoms with Gasteiger partial charge in [-0.05, 0) is 18.2 Å². The maximum Gasteiger partial charge on any atom is 0.206 e. The lowest BCUT2D eigenvalue weighted by Gasteiger charge is -2.08. The lowest BCUT2D eigenvalue weighted by molar-refractivity contribution is 0.355. The van der Waals surface area contributed by atoms with Crippen LogP contribution in [0.1, 0.15) is 5.69 Å². The largest absolute Gasteiger partial charge is 0.493 e. The molecular weight excluding hydrogens is 388 g/mol. The zero-order valence-electron chi connectivity index (χ0n) is 14.4. The summed E-state index contributed by atoms with van der Waals surface area (Å²) >= 11 is 4.77. The number of hydrogen-bond donors (Lipinski definition) is 1. The highest BCUT2D eigenvalue weighted by Gasteiger charge is 2.11. The van der Waals surface area contributed by atoms with Gasteiger partial charge in [0.1, 0.15) is 5.01 Å². The smallest absolute Gasteiger partial charge is 0.206 e. The van der Waals surface area contributed by atoms with Crippen LogP contribution in [0.3, 0.4) is 0 Å². The minimum atomic E-state index is 0.681. The minimum absolute atomic E-state index is 0.681. The third-order valence-corrected chi connectivity index (χ3v) is 6.32. The summed E-state index contributed by atoms with van der Waals surface area (Å²) in [4.78, 5) is 4.71. The maximum atomic E-state index is 5.36. The molecule has 2 heterocycles. The van der Waals surface area contributed by atoms with Crippen molar-refractivity contribution in [3.8, 4) is 22.1 Å². The molecule has 3 rings (SSSR count). The number of anilines is 1. The molecule has 0 fully saturated rings. The van der Waals surface area contributed by atoms with E-state index in [1.54, 1.807) is 43.4 Å². The van der Waals surface area contributed by atoms with E-state index in [0.717, 1.165) is 31.5 Å². The standard InChI is InChI=1S/C17H18N4O2S3/c1-4-7-18-16-20-21-17(26-16)25-10-12-9-24-15(19-12)11-5-6-13(22-2)14(8-11)23-3/h4-6,8-9H,1,7,10H2,2-3H3,(H,18,20). The van der Waals surface area contributed by atoms with E-state index in [-0.39, 0.29) is 0 Å². The third-order valence-electron chi connectivity index (χ3n) is 3.33. The van der Waals surface area contributed by atoms with E-state index in [4.69, 9.17) is 14.5 Å². The van der Waals surface area contributed by atoms with Crippen LogP contribution in [0.2, 0.25) is 0 Å². The summed E-state index contributed by atoms with van der Waals surface area (Å²) in [6.45, 7) is 4.35. The van der Waals surface area contributed by atoms with Crippen molar-refractivity contribution in [1.29, 1.82) is 0 Å². The van der Waals surface area contributed by atoms with Gasteiger partial charge in [0.15, 0.2) is 15.8 Å². The van der Waals surface area contributed by atoms with Gasteiger partial charge in [-0.1, -0.05) is 29.2 Å². The third kappa shape index (κ3) is 4.54. The Bertz CT molecular complexity index is 879. The molecule has 0 unspecified atom stereocenters. The van der Waals surface area contributed by atoms with Gasteiger partial charge < -0.3 is 14.8 Å². The molecule has 9 heteroatoms. The number of ether oxygens (including phenoxy) is 2. The molecule has 0 saturated heterocycles. The maximum absolute atomic E-state index is 5.36. The highest BCUT2D eigenvalue weighted by Crippen LogP contribution is 2.35.